The summed E-state index contributed by atoms with van der Waals surface area (Å²) < 4.78 is 18.1. The van der Waals surface area contributed by atoms with Crippen LogP contribution in [0.5, 0.6) is 0 Å². The van der Waals surface area contributed by atoms with Crippen LogP contribution in [0.3, 0.4) is 0 Å². The molecular weight excluding hydrogens is 337 g/mol. The van der Waals surface area contributed by atoms with Gasteiger partial charge in [-0.3, -0.25) is 0 Å². The number of hydrogen-bond donors (Lipinski definition) is 1. The predicted molar refractivity (Wildman–Crippen MR) is 97.0 cm³/mol. The van der Waals surface area contributed by atoms with Crippen LogP contribution in [0.4, 0.5) is 20.6 Å². The van der Waals surface area contributed by atoms with Crippen LogP contribution < -0.4 is 10.2 Å². The molecule has 0 bridgehead atoms. The first-order valence-corrected chi connectivity index (χ1v) is 8.32. The van der Waals surface area contributed by atoms with Gasteiger partial charge in [0.2, 0.25) is 0 Å². The van der Waals surface area contributed by atoms with Gasteiger partial charge in [-0.15, -0.1) is 0 Å². The van der Waals surface area contributed by atoms with Gasteiger partial charge in [0.05, 0.1) is 18.4 Å². The summed E-state index contributed by atoms with van der Waals surface area (Å²) in [5.41, 5.74) is 1.53. The molecule has 1 saturated heterocycles. The molecule has 2 aromatic rings. The average Bonchev–Trinajstić information content (AvgIpc) is 2.68. The quantitative estimate of drug-likeness (QED) is 0.858. The molecule has 1 fully saturated rings. The van der Waals surface area contributed by atoms with Gasteiger partial charge in [-0.05, 0) is 30.3 Å². The number of piperazine rings is 1. The third-order valence-electron chi connectivity index (χ3n) is 4.31. The normalized spacial score (nSPS) is 14.1. The molecule has 26 heavy (non-hydrogen) atoms. The van der Waals surface area contributed by atoms with Crippen molar-refractivity contribution in [3.05, 3.63) is 59.9 Å². The number of hydrogen-bond acceptors (Lipinski definition) is 4. The Hall–Kier alpha value is -3.09. The van der Waals surface area contributed by atoms with Crippen molar-refractivity contribution >= 4 is 23.4 Å². The van der Waals surface area contributed by atoms with Gasteiger partial charge in [0, 0.05) is 31.9 Å². The van der Waals surface area contributed by atoms with Crippen molar-refractivity contribution in [1.82, 2.24) is 4.90 Å². The number of carbonyl (C=O) groups excluding carboxylic acids is 2. The highest BCUT2D eigenvalue weighted by molar-refractivity contribution is 6.00. The van der Waals surface area contributed by atoms with Crippen molar-refractivity contribution in [2.24, 2.45) is 0 Å². The molecule has 0 spiro atoms. The molecule has 136 valence electrons. The van der Waals surface area contributed by atoms with Gasteiger partial charge in [-0.25, -0.2) is 14.0 Å². The molecule has 1 heterocycles. The summed E-state index contributed by atoms with van der Waals surface area (Å²) in [6, 6.07) is 12.9. The van der Waals surface area contributed by atoms with Crippen molar-refractivity contribution in [2.45, 2.75) is 0 Å². The number of carbonyl (C=O) groups is 2. The maximum atomic E-state index is 13.4. The Balaban J connectivity index is 1.62. The second-order valence-electron chi connectivity index (χ2n) is 5.92. The lowest BCUT2D eigenvalue weighted by molar-refractivity contribution is 0.0602. The monoisotopic (exact) mass is 357 g/mol. The second-order valence-corrected chi connectivity index (χ2v) is 5.92. The van der Waals surface area contributed by atoms with E-state index < -0.39 is 5.97 Å². The fraction of sp³-hybridized carbons (Fsp3) is 0.263. The van der Waals surface area contributed by atoms with E-state index >= 15 is 0 Å². The smallest absolute Gasteiger partial charge is 0.339 e. The summed E-state index contributed by atoms with van der Waals surface area (Å²) in [4.78, 5) is 28.0. The third-order valence-corrected chi connectivity index (χ3v) is 4.31. The number of nitrogens with one attached hydrogen (secondary N) is 1. The minimum atomic E-state index is -0.503. The molecule has 0 aliphatic carbocycles. The molecule has 0 unspecified atom stereocenters. The Morgan fingerprint density at radius 2 is 1.77 bits per heavy atom. The Morgan fingerprint density at radius 1 is 1.04 bits per heavy atom. The van der Waals surface area contributed by atoms with Crippen molar-refractivity contribution in [3.8, 4) is 0 Å². The first-order chi connectivity index (χ1) is 12.6. The van der Waals surface area contributed by atoms with E-state index in [0.29, 0.717) is 37.4 Å². The standard InChI is InChI=1S/C19H20FN3O3/c1-26-18(24)16-7-2-3-8-17(16)21-19(25)23-11-9-22(10-12-23)15-6-4-5-14(20)13-15/h2-8,13H,9-12H2,1H3,(H,21,25). The number of rotatable bonds is 3. The van der Waals surface area contributed by atoms with E-state index in [-0.39, 0.29) is 11.8 Å². The summed E-state index contributed by atoms with van der Waals surface area (Å²) in [5, 5.41) is 2.77. The third kappa shape index (κ3) is 3.93. The molecule has 2 amide bonds. The van der Waals surface area contributed by atoms with E-state index in [9.17, 15) is 14.0 Å². The molecular formula is C19H20FN3O3. The van der Waals surface area contributed by atoms with E-state index in [4.69, 9.17) is 4.74 Å². The molecule has 2 aromatic carbocycles. The summed E-state index contributed by atoms with van der Waals surface area (Å²) in [6.07, 6.45) is 0. The van der Waals surface area contributed by atoms with Gasteiger partial charge in [0.15, 0.2) is 0 Å². The van der Waals surface area contributed by atoms with Crippen LogP contribution in [0.25, 0.3) is 0 Å². The highest BCUT2D eigenvalue weighted by Gasteiger charge is 2.23. The molecule has 1 N–H and O–H groups in total. The lowest BCUT2D eigenvalue weighted by Crippen LogP contribution is -2.50. The molecule has 0 aromatic heterocycles. The van der Waals surface area contributed by atoms with Crippen LogP contribution in [0.15, 0.2) is 48.5 Å². The fourth-order valence-electron chi connectivity index (χ4n) is 2.91. The fourth-order valence-corrected chi connectivity index (χ4v) is 2.91. The highest BCUT2D eigenvalue weighted by Crippen LogP contribution is 2.19. The van der Waals surface area contributed by atoms with Crippen LogP contribution in [-0.2, 0) is 4.74 Å². The van der Waals surface area contributed by atoms with Gasteiger partial charge < -0.3 is 19.9 Å². The molecule has 0 radical (unpaired) electrons. The number of amides is 2. The molecule has 6 nitrogen and oxygen atoms in total. The SMILES string of the molecule is COC(=O)c1ccccc1NC(=O)N1CCN(c2cccc(F)c2)CC1. The highest BCUT2D eigenvalue weighted by atomic mass is 19.1. The van der Waals surface area contributed by atoms with E-state index in [1.165, 1.54) is 19.2 Å². The lowest BCUT2D eigenvalue weighted by Gasteiger charge is -2.36. The Labute approximate surface area is 151 Å². The van der Waals surface area contributed by atoms with Gasteiger partial charge in [-0.2, -0.15) is 0 Å². The van der Waals surface area contributed by atoms with Crippen LogP contribution in [0.1, 0.15) is 10.4 Å². The molecule has 3 rings (SSSR count). The zero-order valence-electron chi connectivity index (χ0n) is 14.4. The molecule has 1 aliphatic rings. The number of benzene rings is 2. The van der Waals surface area contributed by atoms with Crippen molar-refractivity contribution in [3.63, 3.8) is 0 Å². The van der Waals surface area contributed by atoms with E-state index in [2.05, 4.69) is 5.32 Å². The van der Waals surface area contributed by atoms with Gasteiger partial charge in [0.25, 0.3) is 0 Å². The van der Waals surface area contributed by atoms with E-state index in [1.54, 1.807) is 35.2 Å². The zero-order chi connectivity index (χ0) is 18.5. The van der Waals surface area contributed by atoms with Gasteiger partial charge in [0.1, 0.15) is 5.82 Å². The van der Waals surface area contributed by atoms with E-state index in [0.717, 1.165) is 5.69 Å². The molecule has 0 atom stereocenters. The second kappa shape index (κ2) is 7.86. The topological polar surface area (TPSA) is 61.9 Å². The van der Waals surface area contributed by atoms with Crippen LogP contribution in [0, 0.1) is 5.82 Å². The Kier molecular flexibility index (Phi) is 5.36. The average molecular weight is 357 g/mol. The maximum absolute atomic E-state index is 13.4. The minimum Gasteiger partial charge on any atom is -0.465 e. The zero-order valence-corrected chi connectivity index (χ0v) is 14.4. The van der Waals surface area contributed by atoms with Gasteiger partial charge >= 0.3 is 12.0 Å². The number of halogens is 1. The summed E-state index contributed by atoms with van der Waals surface area (Å²) in [7, 11) is 1.30. The van der Waals surface area contributed by atoms with Gasteiger partial charge in [-0.1, -0.05) is 18.2 Å². The number of nitrogens with zero attached hydrogens (tertiary/aromatic N) is 2. The van der Waals surface area contributed by atoms with Crippen LogP contribution >= 0.6 is 0 Å². The van der Waals surface area contributed by atoms with Crippen molar-refractivity contribution in [2.75, 3.05) is 43.5 Å². The predicted octanol–water partition coefficient (Wildman–Crippen LogP) is 2.97. The number of anilines is 2. The number of ether oxygens (including phenoxy) is 1. The van der Waals surface area contributed by atoms with Crippen molar-refractivity contribution < 1.29 is 18.7 Å². The largest absolute Gasteiger partial charge is 0.465 e. The van der Waals surface area contributed by atoms with Crippen LogP contribution in [0.2, 0.25) is 0 Å². The lowest BCUT2D eigenvalue weighted by atomic mass is 10.2. The number of para-hydroxylation sites is 1. The van der Waals surface area contributed by atoms with Crippen LogP contribution in [-0.4, -0.2) is 50.2 Å². The number of methoxy groups -OCH3 is 1. The Morgan fingerprint density at radius 3 is 2.46 bits per heavy atom. The first-order valence-electron chi connectivity index (χ1n) is 8.32. The molecule has 1 aliphatic heterocycles. The van der Waals surface area contributed by atoms with Crippen molar-refractivity contribution in [1.29, 1.82) is 0 Å². The van der Waals surface area contributed by atoms with E-state index in [1.807, 2.05) is 11.0 Å². The minimum absolute atomic E-state index is 0.276. The number of esters is 1. The summed E-state index contributed by atoms with van der Waals surface area (Å²) in [6.45, 7) is 2.22. The number of urea groups is 1. The first kappa shape index (κ1) is 17.7. The molecule has 0 saturated carbocycles. The maximum Gasteiger partial charge on any atom is 0.339 e. The Bertz CT molecular complexity index is 804. The summed E-state index contributed by atoms with van der Waals surface area (Å²) in [5.74, 6) is -0.779. The molecule has 7 heteroatoms. The summed E-state index contributed by atoms with van der Waals surface area (Å²) >= 11 is 0.